The van der Waals surface area contributed by atoms with Gasteiger partial charge in [-0.05, 0) is 54.6 Å². The van der Waals surface area contributed by atoms with Crippen LogP contribution in [0.1, 0.15) is 21.1 Å². The molecule has 0 spiro atoms. The molecule has 136 valence electrons. The summed E-state index contributed by atoms with van der Waals surface area (Å²) in [4.78, 5) is 18.2. The summed E-state index contributed by atoms with van der Waals surface area (Å²) in [5.41, 5.74) is 1.92. The summed E-state index contributed by atoms with van der Waals surface area (Å²) >= 11 is 1.67. The van der Waals surface area contributed by atoms with Crippen molar-refractivity contribution in [3.63, 3.8) is 0 Å². The largest absolute Gasteiger partial charge is 0.461 e. The van der Waals surface area contributed by atoms with Gasteiger partial charge >= 0.3 is 0 Å². The highest BCUT2D eigenvalue weighted by atomic mass is 32.1. The fourth-order valence-electron chi connectivity index (χ4n) is 2.75. The van der Waals surface area contributed by atoms with Gasteiger partial charge in [-0.2, -0.15) is 4.98 Å². The standard InChI is InChI=1S/C20H18N4O2S/c1-14-5-2-6-15(13-14)24-19(17-8-3-11-26-17)22-18(23-24)20(25)21-10-9-16-7-4-12-27-16/h2-8,11-13H,9-10H2,1H3,(H,21,25). The Hall–Kier alpha value is -3.19. The molecule has 1 aromatic carbocycles. The predicted octanol–water partition coefficient (Wildman–Crippen LogP) is 3.87. The molecule has 0 aliphatic carbocycles. The molecule has 0 aliphatic heterocycles. The molecule has 4 rings (SSSR count). The minimum atomic E-state index is -0.300. The smallest absolute Gasteiger partial charge is 0.291 e. The molecule has 0 aliphatic rings. The molecule has 6 nitrogen and oxygen atoms in total. The monoisotopic (exact) mass is 378 g/mol. The van der Waals surface area contributed by atoms with E-state index in [0.717, 1.165) is 17.7 Å². The molecule has 0 bridgehead atoms. The number of hydrogen-bond acceptors (Lipinski definition) is 5. The maximum Gasteiger partial charge on any atom is 0.291 e. The summed E-state index contributed by atoms with van der Waals surface area (Å²) in [6, 6.07) is 15.5. The first-order chi connectivity index (χ1) is 13.2. The third-order valence-electron chi connectivity index (χ3n) is 4.04. The third kappa shape index (κ3) is 3.83. The summed E-state index contributed by atoms with van der Waals surface area (Å²) < 4.78 is 7.12. The molecule has 0 unspecified atom stereocenters. The Balaban J connectivity index is 1.60. The number of carbonyl (C=O) groups is 1. The molecule has 7 heteroatoms. The topological polar surface area (TPSA) is 73.0 Å². The molecule has 1 N–H and O–H groups in total. The average Bonchev–Trinajstić information content (AvgIpc) is 3.42. The Kier molecular flexibility index (Phi) is 4.84. The van der Waals surface area contributed by atoms with Crippen molar-refractivity contribution in [2.75, 3.05) is 6.54 Å². The van der Waals surface area contributed by atoms with E-state index in [1.807, 2.05) is 42.6 Å². The molecule has 27 heavy (non-hydrogen) atoms. The van der Waals surface area contributed by atoms with Crippen LogP contribution < -0.4 is 5.32 Å². The highest BCUT2D eigenvalue weighted by molar-refractivity contribution is 7.09. The van der Waals surface area contributed by atoms with Gasteiger partial charge in [0.2, 0.25) is 5.82 Å². The number of hydrogen-bond donors (Lipinski definition) is 1. The van der Waals surface area contributed by atoms with Crippen LogP contribution in [0.2, 0.25) is 0 Å². The zero-order chi connectivity index (χ0) is 18.6. The molecular weight excluding hydrogens is 360 g/mol. The highest BCUT2D eigenvalue weighted by Gasteiger charge is 2.20. The second-order valence-corrected chi connectivity index (χ2v) is 7.10. The molecule has 3 aromatic heterocycles. The normalized spacial score (nSPS) is 10.9. The fourth-order valence-corrected chi connectivity index (χ4v) is 3.46. The number of aryl methyl sites for hydroxylation is 1. The summed E-state index contributed by atoms with van der Waals surface area (Å²) in [6.45, 7) is 2.54. The van der Waals surface area contributed by atoms with E-state index in [1.54, 1.807) is 34.4 Å². The lowest BCUT2D eigenvalue weighted by Gasteiger charge is -2.04. The van der Waals surface area contributed by atoms with Crippen LogP contribution in [-0.4, -0.2) is 27.2 Å². The van der Waals surface area contributed by atoms with Crippen molar-refractivity contribution in [3.05, 3.63) is 76.4 Å². The third-order valence-corrected chi connectivity index (χ3v) is 4.97. The van der Waals surface area contributed by atoms with E-state index >= 15 is 0 Å². The summed E-state index contributed by atoms with van der Waals surface area (Å²) in [7, 11) is 0. The lowest BCUT2D eigenvalue weighted by molar-refractivity contribution is 0.0944. The quantitative estimate of drug-likeness (QED) is 0.553. The molecule has 0 radical (unpaired) electrons. The van der Waals surface area contributed by atoms with Gasteiger partial charge in [0.1, 0.15) is 0 Å². The van der Waals surface area contributed by atoms with Crippen molar-refractivity contribution in [2.45, 2.75) is 13.3 Å². The minimum absolute atomic E-state index is 0.120. The Morgan fingerprint density at radius 3 is 2.89 bits per heavy atom. The van der Waals surface area contributed by atoms with Crippen LogP contribution in [-0.2, 0) is 6.42 Å². The van der Waals surface area contributed by atoms with Gasteiger partial charge in [-0.1, -0.05) is 18.2 Å². The van der Waals surface area contributed by atoms with Crippen LogP contribution in [0.15, 0.2) is 64.6 Å². The highest BCUT2D eigenvalue weighted by Crippen LogP contribution is 2.22. The molecule has 3 heterocycles. The second-order valence-electron chi connectivity index (χ2n) is 6.07. The van der Waals surface area contributed by atoms with Crippen LogP contribution in [0.5, 0.6) is 0 Å². The van der Waals surface area contributed by atoms with E-state index in [9.17, 15) is 4.79 Å². The lowest BCUT2D eigenvalue weighted by atomic mass is 10.2. The van der Waals surface area contributed by atoms with E-state index in [4.69, 9.17) is 4.42 Å². The summed E-state index contributed by atoms with van der Waals surface area (Å²) in [6.07, 6.45) is 2.36. The van der Waals surface area contributed by atoms with Crippen LogP contribution >= 0.6 is 11.3 Å². The number of aromatic nitrogens is 3. The average molecular weight is 378 g/mol. The Labute approximate surface area is 160 Å². The number of carbonyl (C=O) groups excluding carboxylic acids is 1. The maximum atomic E-state index is 12.5. The van der Waals surface area contributed by atoms with Crippen molar-refractivity contribution in [3.8, 4) is 17.3 Å². The molecule has 0 atom stereocenters. The summed E-state index contributed by atoms with van der Waals surface area (Å²) in [5, 5.41) is 9.34. The van der Waals surface area contributed by atoms with Crippen molar-refractivity contribution >= 4 is 17.2 Å². The van der Waals surface area contributed by atoms with E-state index in [2.05, 4.69) is 21.5 Å². The minimum Gasteiger partial charge on any atom is -0.461 e. The Morgan fingerprint density at radius 2 is 2.15 bits per heavy atom. The molecule has 1 amide bonds. The SMILES string of the molecule is Cc1cccc(-n2nc(C(=O)NCCc3cccs3)nc2-c2ccco2)c1. The van der Waals surface area contributed by atoms with E-state index in [0.29, 0.717) is 18.1 Å². The van der Waals surface area contributed by atoms with Crippen LogP contribution in [0.4, 0.5) is 0 Å². The lowest BCUT2D eigenvalue weighted by Crippen LogP contribution is -2.26. The fraction of sp³-hybridized carbons (Fsp3) is 0.150. The maximum absolute atomic E-state index is 12.5. The van der Waals surface area contributed by atoms with Crippen molar-refractivity contribution in [1.82, 2.24) is 20.1 Å². The first kappa shape index (κ1) is 17.2. The summed E-state index contributed by atoms with van der Waals surface area (Å²) in [5.74, 6) is 0.871. The molecule has 0 saturated heterocycles. The number of thiophene rings is 1. The number of amides is 1. The zero-order valence-corrected chi connectivity index (χ0v) is 15.6. The van der Waals surface area contributed by atoms with Crippen molar-refractivity contribution in [2.24, 2.45) is 0 Å². The number of nitrogens with one attached hydrogen (secondary N) is 1. The van der Waals surface area contributed by atoms with Crippen LogP contribution in [0.3, 0.4) is 0 Å². The number of nitrogens with zero attached hydrogens (tertiary/aromatic N) is 3. The van der Waals surface area contributed by atoms with Crippen LogP contribution in [0.25, 0.3) is 17.3 Å². The number of benzene rings is 1. The van der Waals surface area contributed by atoms with Crippen LogP contribution in [0, 0.1) is 6.92 Å². The zero-order valence-electron chi connectivity index (χ0n) is 14.8. The van der Waals surface area contributed by atoms with E-state index in [-0.39, 0.29) is 11.7 Å². The van der Waals surface area contributed by atoms with Gasteiger partial charge in [0.05, 0.1) is 12.0 Å². The Morgan fingerprint density at radius 1 is 1.22 bits per heavy atom. The van der Waals surface area contributed by atoms with Gasteiger partial charge in [-0.25, -0.2) is 4.68 Å². The van der Waals surface area contributed by atoms with Gasteiger partial charge in [0, 0.05) is 11.4 Å². The van der Waals surface area contributed by atoms with Gasteiger partial charge in [-0.3, -0.25) is 4.79 Å². The number of furan rings is 1. The molecular formula is C20H18N4O2S. The van der Waals surface area contributed by atoms with Gasteiger partial charge in [-0.15, -0.1) is 16.4 Å². The van der Waals surface area contributed by atoms with Crippen molar-refractivity contribution < 1.29 is 9.21 Å². The van der Waals surface area contributed by atoms with Gasteiger partial charge in [0.25, 0.3) is 5.91 Å². The first-order valence-corrected chi connectivity index (χ1v) is 9.47. The predicted molar refractivity (Wildman–Crippen MR) is 104 cm³/mol. The van der Waals surface area contributed by atoms with Gasteiger partial charge < -0.3 is 9.73 Å². The van der Waals surface area contributed by atoms with E-state index < -0.39 is 0 Å². The Bertz CT molecular complexity index is 1040. The number of rotatable bonds is 6. The molecule has 4 aromatic rings. The molecule has 0 fully saturated rings. The molecule has 0 saturated carbocycles. The van der Waals surface area contributed by atoms with E-state index in [1.165, 1.54) is 4.88 Å². The van der Waals surface area contributed by atoms with Crippen molar-refractivity contribution in [1.29, 1.82) is 0 Å². The second kappa shape index (κ2) is 7.59. The first-order valence-electron chi connectivity index (χ1n) is 8.59. The van der Waals surface area contributed by atoms with Gasteiger partial charge in [0.15, 0.2) is 11.6 Å².